The normalized spacial score (nSPS) is 14.5. The van der Waals surface area contributed by atoms with E-state index in [4.69, 9.17) is 0 Å². The molecule has 0 saturated carbocycles. The number of amides is 2. The zero-order chi connectivity index (χ0) is 18.7. The molecule has 0 aliphatic carbocycles. The van der Waals surface area contributed by atoms with Crippen molar-refractivity contribution in [2.24, 2.45) is 0 Å². The smallest absolute Gasteiger partial charge is 0.339 e. The summed E-state index contributed by atoms with van der Waals surface area (Å²) >= 11 is 0. The number of hydrogen-bond donors (Lipinski definition) is 1. The number of rotatable bonds is 4. The van der Waals surface area contributed by atoms with Gasteiger partial charge in [0.1, 0.15) is 6.54 Å². The van der Waals surface area contributed by atoms with Crippen LogP contribution in [0.3, 0.4) is 0 Å². The van der Waals surface area contributed by atoms with E-state index in [-0.39, 0.29) is 12.5 Å². The second kappa shape index (κ2) is 7.19. The maximum absolute atomic E-state index is 12.5. The van der Waals surface area contributed by atoms with Crippen molar-refractivity contribution in [3.8, 4) is 0 Å². The van der Waals surface area contributed by atoms with E-state index in [0.717, 1.165) is 42.9 Å². The average molecular weight is 366 g/mol. The third-order valence-electron chi connectivity index (χ3n) is 4.05. The fraction of sp³-hybridized carbons (Fsp3) is 0.353. The van der Waals surface area contributed by atoms with Crippen molar-refractivity contribution in [2.75, 3.05) is 18.4 Å². The van der Waals surface area contributed by atoms with Crippen molar-refractivity contribution in [3.05, 3.63) is 47.8 Å². The Morgan fingerprint density at radius 3 is 2.31 bits per heavy atom. The molecule has 2 amide bonds. The van der Waals surface area contributed by atoms with Crippen LogP contribution in [0.5, 0.6) is 0 Å². The van der Waals surface area contributed by atoms with Gasteiger partial charge in [-0.25, -0.2) is 0 Å². The number of carbonyl (C=O) groups is 2. The van der Waals surface area contributed by atoms with E-state index in [1.165, 1.54) is 0 Å². The SMILES string of the molecule is O=C(Cn1ccc(C(F)(F)F)n1)Nc1ccc(C(=O)N2CCCC2)cc1. The van der Waals surface area contributed by atoms with Gasteiger partial charge in [0, 0.05) is 30.5 Å². The Labute approximate surface area is 147 Å². The molecular formula is C17H17F3N4O2. The Hall–Kier alpha value is -2.84. The van der Waals surface area contributed by atoms with Crippen LogP contribution in [0, 0.1) is 0 Å². The summed E-state index contributed by atoms with van der Waals surface area (Å²) in [6.07, 6.45) is -1.44. The molecule has 138 valence electrons. The van der Waals surface area contributed by atoms with Crippen LogP contribution in [0.4, 0.5) is 18.9 Å². The van der Waals surface area contributed by atoms with Gasteiger partial charge in [-0.1, -0.05) is 0 Å². The summed E-state index contributed by atoms with van der Waals surface area (Å²) in [5.41, 5.74) is -0.0574. The highest BCUT2D eigenvalue weighted by Crippen LogP contribution is 2.27. The zero-order valence-corrected chi connectivity index (χ0v) is 13.8. The first kappa shape index (κ1) is 18.0. The Morgan fingerprint density at radius 2 is 1.73 bits per heavy atom. The molecule has 1 aliphatic heterocycles. The molecule has 0 atom stereocenters. The lowest BCUT2D eigenvalue weighted by Crippen LogP contribution is -2.27. The summed E-state index contributed by atoms with van der Waals surface area (Å²) in [4.78, 5) is 26.0. The molecule has 0 unspecified atom stereocenters. The Morgan fingerprint density at radius 1 is 1.08 bits per heavy atom. The largest absolute Gasteiger partial charge is 0.435 e. The highest BCUT2D eigenvalue weighted by atomic mass is 19.4. The van der Waals surface area contributed by atoms with E-state index in [2.05, 4.69) is 10.4 Å². The highest BCUT2D eigenvalue weighted by Gasteiger charge is 2.33. The van der Waals surface area contributed by atoms with Gasteiger partial charge in [0.25, 0.3) is 5.91 Å². The van der Waals surface area contributed by atoms with Crippen LogP contribution in [0.15, 0.2) is 36.5 Å². The van der Waals surface area contributed by atoms with Gasteiger partial charge < -0.3 is 10.2 Å². The van der Waals surface area contributed by atoms with Crippen LogP contribution in [0.1, 0.15) is 28.9 Å². The molecule has 26 heavy (non-hydrogen) atoms. The molecule has 0 radical (unpaired) electrons. The number of halogens is 3. The van der Waals surface area contributed by atoms with Crippen LogP contribution in [0.2, 0.25) is 0 Å². The number of nitrogens with zero attached hydrogens (tertiary/aromatic N) is 3. The predicted molar refractivity (Wildman–Crippen MR) is 87.4 cm³/mol. The maximum Gasteiger partial charge on any atom is 0.435 e. The summed E-state index contributed by atoms with van der Waals surface area (Å²) in [5.74, 6) is -0.558. The van der Waals surface area contributed by atoms with Gasteiger partial charge in [-0.3, -0.25) is 14.3 Å². The van der Waals surface area contributed by atoms with Crippen LogP contribution in [0.25, 0.3) is 0 Å². The first-order chi connectivity index (χ1) is 12.3. The molecule has 0 bridgehead atoms. The molecule has 1 aromatic carbocycles. The molecular weight excluding hydrogens is 349 g/mol. The first-order valence-electron chi connectivity index (χ1n) is 8.13. The number of benzene rings is 1. The number of nitrogens with one attached hydrogen (secondary N) is 1. The van der Waals surface area contributed by atoms with Crippen LogP contribution in [-0.2, 0) is 17.5 Å². The second-order valence-electron chi connectivity index (χ2n) is 6.02. The molecule has 1 saturated heterocycles. The Kier molecular flexibility index (Phi) is 4.97. The molecule has 9 heteroatoms. The van der Waals surface area contributed by atoms with Crippen molar-refractivity contribution in [1.82, 2.24) is 14.7 Å². The third kappa shape index (κ3) is 4.22. The van der Waals surface area contributed by atoms with E-state index >= 15 is 0 Å². The average Bonchev–Trinajstić information content (AvgIpc) is 3.26. The Balaban J connectivity index is 1.57. The standard InChI is InChI=1S/C17H17F3N4O2/c18-17(19,20)14-7-10-24(22-14)11-15(25)21-13-5-3-12(4-6-13)16(26)23-8-1-2-9-23/h3-7,10H,1-2,8-9,11H2,(H,21,25). The van der Waals surface area contributed by atoms with Gasteiger partial charge in [-0.15, -0.1) is 0 Å². The van der Waals surface area contributed by atoms with Gasteiger partial charge in [-0.2, -0.15) is 18.3 Å². The van der Waals surface area contributed by atoms with E-state index in [1.54, 1.807) is 29.2 Å². The van der Waals surface area contributed by atoms with Crippen LogP contribution >= 0.6 is 0 Å². The maximum atomic E-state index is 12.5. The van der Waals surface area contributed by atoms with Gasteiger partial charge in [0.15, 0.2) is 5.69 Å². The minimum absolute atomic E-state index is 0.0448. The fourth-order valence-corrected chi connectivity index (χ4v) is 2.75. The molecule has 3 rings (SSSR count). The van der Waals surface area contributed by atoms with E-state index in [9.17, 15) is 22.8 Å². The molecule has 1 aliphatic rings. The van der Waals surface area contributed by atoms with Crippen molar-refractivity contribution < 1.29 is 22.8 Å². The van der Waals surface area contributed by atoms with E-state index < -0.39 is 17.8 Å². The molecule has 1 aromatic heterocycles. The zero-order valence-electron chi connectivity index (χ0n) is 13.8. The lowest BCUT2D eigenvalue weighted by atomic mass is 10.2. The number of anilines is 1. The van der Waals surface area contributed by atoms with E-state index in [1.807, 2.05) is 0 Å². The van der Waals surface area contributed by atoms with Gasteiger partial charge in [-0.05, 0) is 43.2 Å². The number of alkyl halides is 3. The van der Waals surface area contributed by atoms with Gasteiger partial charge >= 0.3 is 6.18 Å². The molecule has 2 heterocycles. The van der Waals surface area contributed by atoms with E-state index in [0.29, 0.717) is 11.3 Å². The lowest BCUT2D eigenvalue weighted by Gasteiger charge is -2.15. The number of hydrogen-bond acceptors (Lipinski definition) is 3. The monoisotopic (exact) mass is 366 g/mol. The molecule has 6 nitrogen and oxygen atoms in total. The minimum atomic E-state index is -4.54. The summed E-state index contributed by atoms with van der Waals surface area (Å²) in [6.45, 7) is 1.16. The quantitative estimate of drug-likeness (QED) is 0.905. The molecule has 1 fully saturated rings. The number of likely N-dealkylation sites (tertiary alicyclic amines) is 1. The van der Waals surface area contributed by atoms with Crippen molar-refractivity contribution in [3.63, 3.8) is 0 Å². The second-order valence-corrected chi connectivity index (χ2v) is 6.02. The molecule has 1 N–H and O–H groups in total. The third-order valence-corrected chi connectivity index (χ3v) is 4.05. The summed E-state index contributed by atoms with van der Waals surface area (Å²) < 4.78 is 38.4. The molecule has 2 aromatic rings. The summed E-state index contributed by atoms with van der Waals surface area (Å²) in [7, 11) is 0. The van der Waals surface area contributed by atoms with Gasteiger partial charge in [0.05, 0.1) is 0 Å². The van der Waals surface area contributed by atoms with Crippen molar-refractivity contribution in [2.45, 2.75) is 25.6 Å². The van der Waals surface area contributed by atoms with Crippen LogP contribution in [-0.4, -0.2) is 39.6 Å². The Bertz CT molecular complexity index is 793. The van der Waals surface area contributed by atoms with Gasteiger partial charge in [0.2, 0.25) is 5.91 Å². The molecule has 0 spiro atoms. The minimum Gasteiger partial charge on any atom is -0.339 e. The number of aromatic nitrogens is 2. The van der Waals surface area contributed by atoms with Crippen molar-refractivity contribution in [1.29, 1.82) is 0 Å². The fourth-order valence-electron chi connectivity index (χ4n) is 2.75. The lowest BCUT2D eigenvalue weighted by molar-refractivity contribution is -0.141. The van der Waals surface area contributed by atoms with Crippen molar-refractivity contribution >= 4 is 17.5 Å². The summed E-state index contributed by atoms with van der Waals surface area (Å²) in [6, 6.07) is 7.22. The summed E-state index contributed by atoms with van der Waals surface area (Å²) in [5, 5.41) is 5.89. The highest BCUT2D eigenvalue weighted by molar-refractivity contribution is 5.95. The first-order valence-corrected chi connectivity index (χ1v) is 8.13. The van der Waals surface area contributed by atoms with Crippen LogP contribution < -0.4 is 5.32 Å². The number of carbonyl (C=O) groups excluding carboxylic acids is 2. The predicted octanol–water partition coefficient (Wildman–Crippen LogP) is 2.78. The topological polar surface area (TPSA) is 67.2 Å².